The Morgan fingerprint density at radius 2 is 1.94 bits per heavy atom. The van der Waals surface area contributed by atoms with Gasteiger partial charge in [0, 0.05) is 10.7 Å². The largest absolute Gasteiger partial charge is 0.425 e. The zero-order valence-corrected chi connectivity index (χ0v) is 11.6. The van der Waals surface area contributed by atoms with Gasteiger partial charge in [0.05, 0.1) is 5.60 Å². The SMILES string of the molecule is CC1(C)CB(c2cc(Cl)ccc2N)OC1(C)C. The fourth-order valence-corrected chi connectivity index (χ4v) is 2.44. The van der Waals surface area contributed by atoms with Gasteiger partial charge in [0.2, 0.25) is 0 Å². The maximum absolute atomic E-state index is 6.15. The lowest BCUT2D eigenvalue weighted by atomic mass is 9.54. The van der Waals surface area contributed by atoms with Gasteiger partial charge in [-0.25, -0.2) is 0 Å². The molecule has 0 amide bonds. The second kappa shape index (κ2) is 3.92. The molecule has 0 aliphatic carbocycles. The lowest BCUT2D eigenvalue weighted by molar-refractivity contribution is 0.0375. The molecule has 0 atom stereocenters. The molecule has 2 nitrogen and oxygen atoms in total. The highest BCUT2D eigenvalue weighted by Gasteiger charge is 2.50. The van der Waals surface area contributed by atoms with E-state index in [0.29, 0.717) is 5.02 Å². The second-order valence-electron chi connectivity index (χ2n) is 5.98. The molecule has 4 heteroatoms. The molecular weight excluding hydrogens is 232 g/mol. The first kappa shape index (κ1) is 12.8. The third kappa shape index (κ3) is 2.18. The Balaban J connectivity index is 2.35. The van der Waals surface area contributed by atoms with Crippen molar-refractivity contribution in [3.05, 3.63) is 23.2 Å². The Morgan fingerprint density at radius 1 is 1.29 bits per heavy atom. The van der Waals surface area contributed by atoms with Crippen molar-refractivity contribution in [1.29, 1.82) is 0 Å². The summed E-state index contributed by atoms with van der Waals surface area (Å²) >= 11 is 6.03. The van der Waals surface area contributed by atoms with Gasteiger partial charge in [0.25, 0.3) is 0 Å². The van der Waals surface area contributed by atoms with Crippen LogP contribution < -0.4 is 11.2 Å². The maximum atomic E-state index is 6.15. The predicted molar refractivity (Wildman–Crippen MR) is 75.0 cm³/mol. The number of hydrogen-bond acceptors (Lipinski definition) is 2. The third-order valence-corrected chi connectivity index (χ3v) is 4.39. The van der Waals surface area contributed by atoms with E-state index in [1.807, 2.05) is 18.2 Å². The van der Waals surface area contributed by atoms with E-state index in [1.54, 1.807) is 0 Å². The van der Waals surface area contributed by atoms with E-state index < -0.39 is 0 Å². The molecular formula is C13H19BClNO. The Kier molecular flexibility index (Phi) is 2.95. The van der Waals surface area contributed by atoms with Crippen molar-refractivity contribution in [2.24, 2.45) is 5.41 Å². The molecule has 92 valence electrons. The van der Waals surface area contributed by atoms with Crippen LogP contribution in [0.2, 0.25) is 11.3 Å². The van der Waals surface area contributed by atoms with Crippen LogP contribution in [0.15, 0.2) is 18.2 Å². The van der Waals surface area contributed by atoms with Crippen LogP contribution >= 0.6 is 11.6 Å². The van der Waals surface area contributed by atoms with E-state index in [9.17, 15) is 0 Å². The molecule has 2 rings (SSSR count). The first-order valence-corrected chi connectivity index (χ1v) is 6.33. The van der Waals surface area contributed by atoms with Crippen molar-refractivity contribution in [2.75, 3.05) is 5.73 Å². The molecule has 1 heterocycles. The normalized spacial score (nSPS) is 21.8. The highest BCUT2D eigenvalue weighted by molar-refractivity contribution is 6.70. The van der Waals surface area contributed by atoms with Crippen LogP contribution in [0.1, 0.15) is 27.7 Å². The van der Waals surface area contributed by atoms with Gasteiger partial charge >= 0.3 is 6.92 Å². The second-order valence-corrected chi connectivity index (χ2v) is 6.41. The van der Waals surface area contributed by atoms with Crippen LogP contribution in [0.25, 0.3) is 0 Å². The quantitative estimate of drug-likeness (QED) is 0.615. The van der Waals surface area contributed by atoms with Crippen LogP contribution in [0.5, 0.6) is 0 Å². The highest BCUT2D eigenvalue weighted by atomic mass is 35.5. The van der Waals surface area contributed by atoms with Crippen molar-refractivity contribution in [2.45, 2.75) is 39.6 Å². The summed E-state index contributed by atoms with van der Waals surface area (Å²) in [7, 11) is 0. The minimum atomic E-state index is -0.146. The summed E-state index contributed by atoms with van der Waals surface area (Å²) in [4.78, 5) is 0. The van der Waals surface area contributed by atoms with E-state index in [1.165, 1.54) is 0 Å². The first-order chi connectivity index (χ1) is 7.73. The zero-order valence-electron chi connectivity index (χ0n) is 10.9. The van der Waals surface area contributed by atoms with E-state index in [4.69, 9.17) is 22.0 Å². The molecule has 1 fully saturated rings. The van der Waals surface area contributed by atoms with Crippen molar-refractivity contribution in [1.82, 2.24) is 0 Å². The standard InChI is InChI=1S/C13H19BClNO/c1-12(2)8-14(17-13(12,3)4)10-7-9(15)5-6-11(10)16/h5-7H,8,16H2,1-4H3. The number of nitrogen functional groups attached to an aromatic ring is 1. The summed E-state index contributed by atoms with van der Waals surface area (Å²) in [5, 5.41) is 0.709. The molecule has 0 aromatic heterocycles. The Hall–Kier alpha value is -0.665. The molecule has 1 saturated heterocycles. The molecule has 1 aromatic carbocycles. The summed E-state index contributed by atoms with van der Waals surface area (Å²) in [5.41, 5.74) is 7.76. The van der Waals surface area contributed by atoms with Crippen molar-refractivity contribution >= 4 is 29.7 Å². The van der Waals surface area contributed by atoms with Gasteiger partial charge in [-0.1, -0.05) is 25.4 Å². The number of nitrogens with two attached hydrogens (primary N) is 1. The Morgan fingerprint density at radius 3 is 2.47 bits per heavy atom. The van der Waals surface area contributed by atoms with Gasteiger partial charge in [-0.2, -0.15) is 0 Å². The summed E-state index contributed by atoms with van der Waals surface area (Å²) in [6.45, 7) is 8.77. The Labute approximate surface area is 109 Å². The summed E-state index contributed by atoms with van der Waals surface area (Å²) in [6, 6.07) is 5.57. The fraction of sp³-hybridized carbons (Fsp3) is 0.538. The summed E-state index contributed by atoms with van der Waals surface area (Å²) in [6.07, 6.45) is 0.963. The molecule has 2 N–H and O–H groups in total. The number of rotatable bonds is 1. The van der Waals surface area contributed by atoms with Crippen molar-refractivity contribution in [3.8, 4) is 0 Å². The van der Waals surface area contributed by atoms with Crippen LogP contribution in [-0.4, -0.2) is 12.5 Å². The third-order valence-electron chi connectivity index (χ3n) is 4.16. The monoisotopic (exact) mass is 251 g/mol. The first-order valence-electron chi connectivity index (χ1n) is 5.96. The van der Waals surface area contributed by atoms with Gasteiger partial charge in [-0.05, 0) is 49.2 Å². The van der Waals surface area contributed by atoms with Gasteiger partial charge in [0.15, 0.2) is 0 Å². The molecule has 0 saturated carbocycles. The van der Waals surface area contributed by atoms with Gasteiger partial charge in [0.1, 0.15) is 0 Å². The van der Waals surface area contributed by atoms with E-state index in [-0.39, 0.29) is 17.9 Å². The van der Waals surface area contributed by atoms with Crippen LogP contribution in [0, 0.1) is 5.41 Å². The van der Waals surface area contributed by atoms with Crippen molar-refractivity contribution in [3.63, 3.8) is 0 Å². The van der Waals surface area contributed by atoms with Gasteiger partial charge < -0.3 is 10.4 Å². The van der Waals surface area contributed by atoms with Crippen LogP contribution in [0.4, 0.5) is 5.69 Å². The molecule has 1 aliphatic rings. The Bertz CT molecular complexity index is 429. The van der Waals surface area contributed by atoms with E-state index >= 15 is 0 Å². The number of benzene rings is 1. The molecule has 1 aliphatic heterocycles. The van der Waals surface area contributed by atoms with E-state index in [2.05, 4.69) is 27.7 Å². The van der Waals surface area contributed by atoms with E-state index in [0.717, 1.165) is 17.5 Å². The maximum Gasteiger partial charge on any atom is 0.330 e. The van der Waals surface area contributed by atoms with Gasteiger partial charge in [-0.3, -0.25) is 0 Å². The molecule has 17 heavy (non-hydrogen) atoms. The average molecular weight is 252 g/mol. The molecule has 1 aromatic rings. The topological polar surface area (TPSA) is 35.2 Å². The predicted octanol–water partition coefficient (Wildman–Crippen LogP) is 2.96. The highest BCUT2D eigenvalue weighted by Crippen LogP contribution is 2.45. The minimum absolute atomic E-state index is 0.0405. The van der Waals surface area contributed by atoms with Crippen molar-refractivity contribution < 1.29 is 4.65 Å². The number of hydrogen-bond donors (Lipinski definition) is 1. The van der Waals surface area contributed by atoms with Crippen LogP contribution in [0.3, 0.4) is 0 Å². The molecule has 0 unspecified atom stereocenters. The fourth-order valence-electron chi connectivity index (χ4n) is 2.26. The summed E-state index contributed by atoms with van der Waals surface area (Å²) in [5.74, 6) is 0. The minimum Gasteiger partial charge on any atom is -0.425 e. The molecule has 0 bridgehead atoms. The lowest BCUT2D eigenvalue weighted by Gasteiger charge is -2.34. The zero-order chi connectivity index (χ0) is 12.8. The number of halogens is 1. The van der Waals surface area contributed by atoms with Gasteiger partial charge in [-0.15, -0.1) is 0 Å². The molecule has 0 radical (unpaired) electrons. The average Bonchev–Trinajstić information content (AvgIpc) is 2.40. The van der Waals surface area contributed by atoms with Crippen LogP contribution in [-0.2, 0) is 4.65 Å². The number of anilines is 1. The smallest absolute Gasteiger partial charge is 0.330 e. The lowest BCUT2D eigenvalue weighted by Crippen LogP contribution is -2.36. The molecule has 0 spiro atoms. The summed E-state index contributed by atoms with van der Waals surface area (Å²) < 4.78 is 6.15.